The molecule has 3 heterocycles. The van der Waals surface area contributed by atoms with Gasteiger partial charge in [-0.2, -0.15) is 5.10 Å². The van der Waals surface area contributed by atoms with E-state index in [-0.39, 0.29) is 60.1 Å². The lowest BCUT2D eigenvalue weighted by Crippen LogP contribution is -2.60. The number of aryl methyl sites for hydroxylation is 1. The van der Waals surface area contributed by atoms with Gasteiger partial charge in [-0.05, 0) is 75.9 Å². The summed E-state index contributed by atoms with van der Waals surface area (Å²) >= 11 is 0. The lowest BCUT2D eigenvalue weighted by molar-refractivity contribution is 0.170. The van der Waals surface area contributed by atoms with Gasteiger partial charge in [0.25, 0.3) is 0 Å². The molecule has 11 heteroatoms. The van der Waals surface area contributed by atoms with Crippen LogP contribution in [-0.4, -0.2) is 47.2 Å². The average molecular weight is 567 g/mol. The van der Waals surface area contributed by atoms with Crippen LogP contribution in [0.1, 0.15) is 40.5 Å². The number of hydrogen-bond acceptors (Lipinski definition) is 7. The quantitative estimate of drug-likeness (QED) is 0.288. The van der Waals surface area contributed by atoms with Gasteiger partial charge in [0.15, 0.2) is 0 Å². The first kappa shape index (κ1) is 30.6. The fraction of sp³-hybridized carbons (Fsp3) is 0.385. The molecule has 37 heavy (non-hydrogen) atoms. The van der Waals surface area contributed by atoms with Crippen molar-refractivity contribution in [3.05, 3.63) is 48.8 Å². The predicted molar refractivity (Wildman–Crippen MR) is 156 cm³/mol. The van der Waals surface area contributed by atoms with Gasteiger partial charge in [0, 0.05) is 35.1 Å². The minimum absolute atomic E-state index is 0. The Morgan fingerprint density at radius 3 is 2.19 bits per heavy atom. The van der Waals surface area contributed by atoms with E-state index in [9.17, 15) is 5.11 Å². The molecular formula is C26H34Cl3N7O. The van der Waals surface area contributed by atoms with Crippen molar-refractivity contribution in [3.8, 4) is 28.1 Å². The molecule has 0 saturated carbocycles. The number of aromatic nitrogens is 5. The van der Waals surface area contributed by atoms with Crippen LogP contribution in [0.15, 0.2) is 48.8 Å². The van der Waals surface area contributed by atoms with Crippen molar-refractivity contribution >= 4 is 54.1 Å². The predicted octanol–water partition coefficient (Wildman–Crippen LogP) is 5.78. The third-order valence-electron chi connectivity index (χ3n) is 6.44. The van der Waals surface area contributed by atoms with Crippen LogP contribution in [0, 0.1) is 0 Å². The van der Waals surface area contributed by atoms with E-state index in [4.69, 9.17) is 0 Å². The largest absolute Gasteiger partial charge is 0.507 e. The summed E-state index contributed by atoms with van der Waals surface area (Å²) in [5, 5.41) is 31.8. The van der Waals surface area contributed by atoms with E-state index < -0.39 is 0 Å². The Labute approximate surface area is 235 Å². The number of nitrogens with one attached hydrogen (secondary N) is 2. The summed E-state index contributed by atoms with van der Waals surface area (Å²) < 4.78 is 1.84. The van der Waals surface area contributed by atoms with Crippen LogP contribution in [0.2, 0.25) is 0 Å². The molecular weight excluding hydrogens is 533 g/mol. The van der Waals surface area contributed by atoms with Gasteiger partial charge in [-0.25, -0.2) is 4.98 Å². The molecule has 0 bridgehead atoms. The molecule has 3 N–H and O–H groups in total. The zero-order chi connectivity index (χ0) is 24.1. The first-order valence-corrected chi connectivity index (χ1v) is 11.6. The third-order valence-corrected chi connectivity index (χ3v) is 6.44. The van der Waals surface area contributed by atoms with E-state index >= 15 is 0 Å². The molecule has 1 aliphatic heterocycles. The van der Waals surface area contributed by atoms with Crippen molar-refractivity contribution in [2.45, 2.75) is 57.7 Å². The molecule has 0 aliphatic carbocycles. The summed E-state index contributed by atoms with van der Waals surface area (Å²) in [4.78, 5) is 4.48. The molecule has 0 atom stereocenters. The minimum atomic E-state index is 0. The monoisotopic (exact) mass is 565 g/mol. The second kappa shape index (κ2) is 11.4. The van der Waals surface area contributed by atoms with Crippen LogP contribution in [-0.2, 0) is 7.05 Å². The van der Waals surface area contributed by atoms with E-state index in [0.29, 0.717) is 17.2 Å². The Balaban J connectivity index is 0.00000160. The summed E-state index contributed by atoms with van der Waals surface area (Å²) in [7, 11) is 1.92. The van der Waals surface area contributed by atoms with Gasteiger partial charge in [-0.15, -0.1) is 47.4 Å². The molecule has 1 aliphatic rings. The number of benzene rings is 2. The van der Waals surface area contributed by atoms with E-state index in [2.05, 4.69) is 64.7 Å². The zero-order valence-corrected chi connectivity index (χ0v) is 24.0. The van der Waals surface area contributed by atoms with Crippen molar-refractivity contribution in [1.29, 1.82) is 0 Å². The van der Waals surface area contributed by atoms with Crippen molar-refractivity contribution in [2.75, 3.05) is 5.32 Å². The number of phenols is 1. The van der Waals surface area contributed by atoms with E-state index in [1.807, 2.05) is 42.2 Å². The molecule has 200 valence electrons. The van der Waals surface area contributed by atoms with Crippen molar-refractivity contribution in [3.63, 3.8) is 0 Å². The number of rotatable bonds is 4. The first-order valence-electron chi connectivity index (χ1n) is 11.6. The number of phenolic OH excluding ortho intramolecular Hbond substituents is 1. The van der Waals surface area contributed by atoms with Gasteiger partial charge < -0.3 is 15.7 Å². The Morgan fingerprint density at radius 1 is 0.919 bits per heavy atom. The van der Waals surface area contributed by atoms with Crippen LogP contribution in [0.5, 0.6) is 5.75 Å². The van der Waals surface area contributed by atoms with Crippen LogP contribution >= 0.6 is 37.2 Å². The number of fused-ring (bicyclic) bond motifs is 1. The Kier molecular flexibility index (Phi) is 9.41. The molecule has 5 rings (SSSR count). The summed E-state index contributed by atoms with van der Waals surface area (Å²) in [6, 6.07) is 12.0. The van der Waals surface area contributed by atoms with E-state index in [1.165, 1.54) is 0 Å². The number of piperidine rings is 1. The molecule has 1 fully saturated rings. The van der Waals surface area contributed by atoms with E-state index in [0.717, 1.165) is 34.9 Å². The van der Waals surface area contributed by atoms with Gasteiger partial charge in [0.05, 0.1) is 17.9 Å². The van der Waals surface area contributed by atoms with Crippen molar-refractivity contribution < 1.29 is 5.11 Å². The fourth-order valence-corrected chi connectivity index (χ4v) is 5.34. The number of nitrogens with zero attached hydrogens (tertiary/aromatic N) is 5. The van der Waals surface area contributed by atoms with Crippen LogP contribution in [0.3, 0.4) is 0 Å². The molecule has 2 aromatic carbocycles. The Morgan fingerprint density at radius 2 is 1.57 bits per heavy atom. The van der Waals surface area contributed by atoms with Gasteiger partial charge in [0.2, 0.25) is 5.95 Å². The number of hydrogen-bond donors (Lipinski definition) is 3. The maximum Gasteiger partial charge on any atom is 0.242 e. The topological polar surface area (TPSA) is 101 Å². The number of halogens is 3. The average Bonchev–Trinajstić information content (AvgIpc) is 3.12. The zero-order valence-electron chi connectivity index (χ0n) is 21.5. The SMILES string of the molecule is Cl.Cl.Cl.Cn1ncc2cc(-c3ccc(-c4cnc(NC5CC(C)(C)NC(C)(C)C5)nn4)c(O)c3)ccc21. The van der Waals surface area contributed by atoms with Gasteiger partial charge in [0.1, 0.15) is 11.4 Å². The van der Waals surface area contributed by atoms with Gasteiger partial charge in [-0.3, -0.25) is 4.68 Å². The van der Waals surface area contributed by atoms with Gasteiger partial charge >= 0.3 is 0 Å². The minimum Gasteiger partial charge on any atom is -0.507 e. The van der Waals surface area contributed by atoms with Crippen molar-refractivity contribution in [1.82, 2.24) is 30.3 Å². The summed E-state index contributed by atoms with van der Waals surface area (Å²) in [6.45, 7) is 8.86. The maximum absolute atomic E-state index is 10.7. The van der Waals surface area contributed by atoms with Crippen molar-refractivity contribution in [2.24, 2.45) is 7.05 Å². The highest BCUT2D eigenvalue weighted by molar-refractivity contribution is 5.86. The van der Waals surface area contributed by atoms with E-state index in [1.54, 1.807) is 12.3 Å². The Hall–Kier alpha value is -2.65. The molecule has 0 radical (unpaired) electrons. The molecule has 4 aromatic rings. The maximum atomic E-state index is 10.7. The molecule has 0 amide bonds. The lowest BCUT2D eigenvalue weighted by atomic mass is 9.80. The highest BCUT2D eigenvalue weighted by Gasteiger charge is 2.37. The summed E-state index contributed by atoms with van der Waals surface area (Å²) in [5.41, 5.74) is 4.19. The number of anilines is 1. The standard InChI is InChI=1S/C26H31N7O.3ClH/c1-25(2)12-19(13-26(3,4)32-25)29-24-27-15-21(30-31-24)20-8-6-17(11-23(20)34)16-7-9-22-18(10-16)14-28-33(22)5;;;/h6-11,14-15,19,32,34H,12-13H2,1-5H3,(H,27,29,31);3*1H. The molecule has 8 nitrogen and oxygen atoms in total. The summed E-state index contributed by atoms with van der Waals surface area (Å²) in [5.74, 6) is 0.644. The molecule has 0 spiro atoms. The fourth-order valence-electron chi connectivity index (χ4n) is 5.34. The van der Waals surface area contributed by atoms with Gasteiger partial charge in [-0.1, -0.05) is 12.1 Å². The molecule has 2 aromatic heterocycles. The number of aromatic hydroxyl groups is 1. The third kappa shape index (κ3) is 6.62. The smallest absolute Gasteiger partial charge is 0.242 e. The lowest BCUT2D eigenvalue weighted by Gasteiger charge is -2.46. The van der Waals surface area contributed by atoms with Crippen LogP contribution in [0.25, 0.3) is 33.3 Å². The van der Waals surface area contributed by atoms with Crippen LogP contribution in [0.4, 0.5) is 5.95 Å². The normalized spacial score (nSPS) is 16.2. The Bertz CT molecular complexity index is 1340. The summed E-state index contributed by atoms with van der Waals surface area (Å²) in [6.07, 6.45) is 5.43. The van der Waals surface area contributed by atoms with Crippen LogP contribution < -0.4 is 10.6 Å². The molecule has 1 saturated heterocycles. The highest BCUT2D eigenvalue weighted by Crippen LogP contribution is 2.34. The second-order valence-corrected chi connectivity index (χ2v) is 10.6. The highest BCUT2D eigenvalue weighted by atomic mass is 35.5. The second-order valence-electron chi connectivity index (χ2n) is 10.6. The molecule has 0 unspecified atom stereocenters. The first-order chi connectivity index (χ1) is 16.1.